The van der Waals surface area contributed by atoms with Crippen LogP contribution in [0.4, 0.5) is 0 Å². The van der Waals surface area contributed by atoms with Crippen molar-refractivity contribution < 1.29 is 9.52 Å². The van der Waals surface area contributed by atoms with Crippen LogP contribution >= 0.6 is 0 Å². The van der Waals surface area contributed by atoms with E-state index in [2.05, 4.69) is 17.4 Å². The van der Waals surface area contributed by atoms with Gasteiger partial charge in [0.15, 0.2) is 12.4 Å². The maximum Gasteiger partial charge on any atom is 0.223 e. The Hall–Kier alpha value is -3.18. The quantitative estimate of drug-likeness (QED) is 0.437. The molecule has 1 amide bonds. The number of pyridine rings is 1. The lowest BCUT2D eigenvalue weighted by Crippen LogP contribution is -2.38. The summed E-state index contributed by atoms with van der Waals surface area (Å²) in [5, 5.41) is 15.8. The molecule has 3 N–H and O–H groups in total. The van der Waals surface area contributed by atoms with Gasteiger partial charge >= 0.3 is 0 Å². The first kappa shape index (κ1) is 22.0. The molecule has 0 radical (unpaired) electrons. The summed E-state index contributed by atoms with van der Waals surface area (Å²) in [6, 6.07) is 21.7. The van der Waals surface area contributed by atoms with E-state index in [0.29, 0.717) is 18.9 Å². The second kappa shape index (κ2) is 10.4. The number of nitrogens with two attached hydrogens (primary N) is 1. The van der Waals surface area contributed by atoms with E-state index < -0.39 is 0 Å². The van der Waals surface area contributed by atoms with Crippen molar-refractivity contribution in [3.8, 4) is 11.1 Å². The Labute approximate surface area is 189 Å². The van der Waals surface area contributed by atoms with E-state index in [1.807, 2.05) is 54.6 Å². The second-order valence-corrected chi connectivity index (χ2v) is 8.79. The SMILES string of the molecule is NCC1CCC(C(=O)NC(Cc2ccccc2)c2cc(-c3ccccc3)c[n+]([O-])c2)CC1. The molecule has 0 aliphatic heterocycles. The average Bonchev–Trinajstić information content (AvgIpc) is 2.84. The summed E-state index contributed by atoms with van der Waals surface area (Å²) in [5.41, 5.74) is 9.56. The van der Waals surface area contributed by atoms with E-state index >= 15 is 0 Å². The lowest BCUT2D eigenvalue weighted by molar-refractivity contribution is -0.605. The van der Waals surface area contributed by atoms with E-state index in [9.17, 15) is 10.0 Å². The molecule has 1 heterocycles. The van der Waals surface area contributed by atoms with Gasteiger partial charge in [-0.3, -0.25) is 4.79 Å². The molecule has 32 heavy (non-hydrogen) atoms. The Kier molecular flexibility index (Phi) is 7.17. The van der Waals surface area contributed by atoms with Crippen molar-refractivity contribution >= 4 is 5.91 Å². The Morgan fingerprint density at radius 1 is 0.969 bits per heavy atom. The molecule has 0 spiro atoms. The van der Waals surface area contributed by atoms with Gasteiger partial charge in [0.25, 0.3) is 0 Å². The fraction of sp³-hybridized carbons (Fsp3) is 0.333. The molecule has 5 heteroatoms. The zero-order valence-corrected chi connectivity index (χ0v) is 18.3. The highest BCUT2D eigenvalue weighted by atomic mass is 16.5. The van der Waals surface area contributed by atoms with Crippen molar-refractivity contribution in [2.24, 2.45) is 17.6 Å². The van der Waals surface area contributed by atoms with E-state index in [1.54, 1.807) is 12.4 Å². The topological polar surface area (TPSA) is 82.1 Å². The lowest BCUT2D eigenvalue weighted by atomic mass is 9.81. The van der Waals surface area contributed by atoms with E-state index in [-0.39, 0.29) is 17.9 Å². The molecule has 1 fully saturated rings. The molecule has 1 aliphatic carbocycles. The molecule has 1 atom stereocenters. The number of hydrogen-bond acceptors (Lipinski definition) is 3. The molecule has 3 aromatic rings. The number of hydrogen-bond donors (Lipinski definition) is 2. The number of rotatable bonds is 7. The summed E-state index contributed by atoms with van der Waals surface area (Å²) in [6.07, 6.45) is 7.53. The lowest BCUT2D eigenvalue weighted by Gasteiger charge is -2.28. The predicted molar refractivity (Wildman–Crippen MR) is 126 cm³/mol. The van der Waals surface area contributed by atoms with Gasteiger partial charge in [0.05, 0.1) is 6.04 Å². The van der Waals surface area contributed by atoms with Crippen LogP contribution in [0.2, 0.25) is 0 Å². The zero-order chi connectivity index (χ0) is 22.3. The average molecular weight is 430 g/mol. The molecule has 0 bridgehead atoms. The molecule has 2 aromatic carbocycles. The summed E-state index contributed by atoms with van der Waals surface area (Å²) in [7, 11) is 0. The maximum atomic E-state index is 13.2. The number of amides is 1. The van der Waals surface area contributed by atoms with E-state index in [4.69, 9.17) is 5.73 Å². The van der Waals surface area contributed by atoms with E-state index in [0.717, 1.165) is 52.7 Å². The largest absolute Gasteiger partial charge is 0.619 e. The van der Waals surface area contributed by atoms with Crippen LogP contribution in [0.3, 0.4) is 0 Å². The molecule has 1 unspecified atom stereocenters. The molecule has 5 nitrogen and oxygen atoms in total. The zero-order valence-electron chi connectivity index (χ0n) is 18.3. The molecular weight excluding hydrogens is 398 g/mol. The van der Waals surface area contributed by atoms with Gasteiger partial charge < -0.3 is 16.3 Å². The highest BCUT2D eigenvalue weighted by molar-refractivity contribution is 5.79. The van der Waals surface area contributed by atoms with Gasteiger partial charge in [-0.1, -0.05) is 60.7 Å². The Balaban J connectivity index is 1.60. The third-order valence-electron chi connectivity index (χ3n) is 6.52. The number of aromatic nitrogens is 1. The molecular formula is C27H31N3O2. The monoisotopic (exact) mass is 429 g/mol. The summed E-state index contributed by atoms with van der Waals surface area (Å²) >= 11 is 0. The second-order valence-electron chi connectivity index (χ2n) is 8.79. The minimum Gasteiger partial charge on any atom is -0.619 e. The third kappa shape index (κ3) is 5.54. The molecule has 0 saturated heterocycles. The molecule has 1 aliphatic rings. The molecule has 1 saturated carbocycles. The Bertz CT molecular complexity index is 1020. The summed E-state index contributed by atoms with van der Waals surface area (Å²) in [5.74, 6) is 0.609. The molecule has 4 rings (SSSR count). The van der Waals surface area contributed by atoms with Crippen molar-refractivity contribution in [1.82, 2.24) is 5.32 Å². The minimum atomic E-state index is -0.277. The van der Waals surface area contributed by atoms with Crippen LogP contribution in [0.25, 0.3) is 11.1 Å². The van der Waals surface area contributed by atoms with Crippen molar-refractivity contribution in [1.29, 1.82) is 0 Å². The number of benzene rings is 2. The van der Waals surface area contributed by atoms with Gasteiger partial charge in [0.1, 0.15) is 0 Å². The highest BCUT2D eigenvalue weighted by Gasteiger charge is 2.28. The predicted octanol–water partition coefficient (Wildman–Crippen LogP) is 4.15. The third-order valence-corrected chi connectivity index (χ3v) is 6.52. The van der Waals surface area contributed by atoms with Gasteiger partial charge in [-0.05, 0) is 61.8 Å². The van der Waals surface area contributed by atoms with Gasteiger partial charge in [-0.25, -0.2) is 0 Å². The van der Waals surface area contributed by atoms with Crippen molar-refractivity contribution in [3.05, 3.63) is 95.5 Å². The van der Waals surface area contributed by atoms with Crippen molar-refractivity contribution in [2.75, 3.05) is 6.54 Å². The number of nitrogens with one attached hydrogen (secondary N) is 1. The van der Waals surface area contributed by atoms with Crippen LogP contribution in [0, 0.1) is 17.0 Å². The number of carbonyl (C=O) groups is 1. The minimum absolute atomic E-state index is 0.00718. The summed E-state index contributed by atoms with van der Waals surface area (Å²) in [4.78, 5) is 13.2. The maximum absolute atomic E-state index is 13.2. The van der Waals surface area contributed by atoms with Crippen LogP contribution < -0.4 is 15.8 Å². The van der Waals surface area contributed by atoms with Gasteiger partial charge in [-0.2, -0.15) is 4.73 Å². The first-order valence-corrected chi connectivity index (χ1v) is 11.5. The van der Waals surface area contributed by atoms with Crippen LogP contribution in [-0.2, 0) is 11.2 Å². The van der Waals surface area contributed by atoms with Crippen LogP contribution in [0.5, 0.6) is 0 Å². The van der Waals surface area contributed by atoms with Crippen molar-refractivity contribution in [2.45, 2.75) is 38.1 Å². The summed E-state index contributed by atoms with van der Waals surface area (Å²) in [6.45, 7) is 0.695. The van der Waals surface area contributed by atoms with Gasteiger partial charge in [0.2, 0.25) is 5.91 Å². The fourth-order valence-electron chi connectivity index (χ4n) is 4.61. The Morgan fingerprint density at radius 2 is 1.62 bits per heavy atom. The van der Waals surface area contributed by atoms with Gasteiger partial charge in [-0.15, -0.1) is 0 Å². The number of carbonyl (C=O) groups excluding carboxylic acids is 1. The highest BCUT2D eigenvalue weighted by Crippen LogP contribution is 2.30. The summed E-state index contributed by atoms with van der Waals surface area (Å²) < 4.78 is 0.842. The fourth-order valence-corrected chi connectivity index (χ4v) is 4.61. The molecule has 166 valence electrons. The van der Waals surface area contributed by atoms with Crippen LogP contribution in [-0.4, -0.2) is 12.5 Å². The first-order valence-electron chi connectivity index (χ1n) is 11.5. The van der Waals surface area contributed by atoms with Crippen LogP contribution in [0.15, 0.2) is 79.1 Å². The normalized spacial score (nSPS) is 19.3. The smallest absolute Gasteiger partial charge is 0.223 e. The van der Waals surface area contributed by atoms with E-state index in [1.165, 1.54) is 0 Å². The molecule has 1 aromatic heterocycles. The number of nitrogens with zero attached hydrogens (tertiary/aromatic N) is 1. The van der Waals surface area contributed by atoms with Crippen LogP contribution in [0.1, 0.15) is 42.9 Å². The first-order chi connectivity index (χ1) is 15.6. The van der Waals surface area contributed by atoms with Gasteiger partial charge in [0, 0.05) is 17.0 Å². The van der Waals surface area contributed by atoms with Crippen molar-refractivity contribution in [3.63, 3.8) is 0 Å². The standard InChI is InChI=1S/C27H31N3O2/c28-17-21-11-13-23(14-12-21)27(31)29-26(15-20-7-3-1-4-8-20)25-16-24(18-30(32)19-25)22-9-5-2-6-10-22/h1-10,16,18-19,21,23,26H,11-15,17,28H2,(H,29,31). The Morgan fingerprint density at radius 3 is 2.28 bits per heavy atom.